The molecule has 8 nitrogen and oxygen atoms in total. The lowest BCUT2D eigenvalue weighted by Gasteiger charge is -2.36. The maximum Gasteiger partial charge on any atom is 0.317 e. The van der Waals surface area contributed by atoms with E-state index in [0.717, 1.165) is 116 Å². The van der Waals surface area contributed by atoms with Crippen molar-refractivity contribution < 1.29 is 38.0 Å². The van der Waals surface area contributed by atoms with E-state index in [2.05, 4.69) is 157 Å². The number of unbranched alkanes of at least 4 members (excludes halogenated alkanes) is 36. The second-order valence-electron chi connectivity index (χ2n) is 25.5. The number of rotatable bonds is 73. The molecule has 92 heavy (non-hydrogen) atoms. The minimum absolute atomic E-state index is 0.0165. The lowest BCUT2D eigenvalue weighted by molar-refractivity contribution is -0.203. The average Bonchev–Trinajstić information content (AvgIpc) is 0.967. The zero-order chi connectivity index (χ0) is 66.6. The van der Waals surface area contributed by atoms with Crippen LogP contribution >= 0.6 is 31.9 Å². The Morgan fingerprint density at radius 3 is 0.707 bits per heavy atom. The molecule has 0 aliphatic rings. The molecule has 0 aromatic rings. The third-order valence-electron chi connectivity index (χ3n) is 16.7. The van der Waals surface area contributed by atoms with Gasteiger partial charge in [0.2, 0.25) is 0 Å². The predicted molar refractivity (Wildman–Crippen MR) is 406 cm³/mol. The Kier molecular flexibility index (Phi) is 75.7. The zero-order valence-corrected chi connectivity index (χ0v) is 63.3. The van der Waals surface area contributed by atoms with Crippen molar-refractivity contribution in [1.82, 2.24) is 0 Å². The number of ether oxygens (including phenoxy) is 6. The molecule has 0 fully saturated rings. The van der Waals surface area contributed by atoms with Gasteiger partial charge in [0.15, 0.2) is 12.2 Å². The normalized spacial score (nSPS) is 13.8. The lowest BCUT2D eigenvalue weighted by Crippen LogP contribution is -2.54. The van der Waals surface area contributed by atoms with Gasteiger partial charge in [0.25, 0.3) is 0 Å². The molecule has 0 spiro atoms. The van der Waals surface area contributed by atoms with Crippen LogP contribution in [0.25, 0.3) is 0 Å². The summed E-state index contributed by atoms with van der Waals surface area (Å²) < 4.78 is 39.2. The summed E-state index contributed by atoms with van der Waals surface area (Å²) in [4.78, 5) is 27.1. The van der Waals surface area contributed by atoms with Crippen molar-refractivity contribution in [2.24, 2.45) is 0 Å². The van der Waals surface area contributed by atoms with Crippen molar-refractivity contribution in [1.29, 1.82) is 0 Å². The molecule has 0 saturated heterocycles. The number of alkyl halides is 2. The fourth-order valence-electron chi connectivity index (χ4n) is 11.0. The molecule has 0 saturated carbocycles. The van der Waals surface area contributed by atoms with E-state index in [0.29, 0.717) is 26.4 Å². The minimum atomic E-state index is -0.991. The molecule has 0 N–H and O–H groups in total. The summed E-state index contributed by atoms with van der Waals surface area (Å²) in [5, 5.41) is -0.0330. The zero-order valence-electron chi connectivity index (χ0n) is 60.2. The van der Waals surface area contributed by atoms with Crippen LogP contribution in [0, 0.1) is 0 Å². The summed E-state index contributed by atoms with van der Waals surface area (Å²) in [6, 6.07) is 0. The van der Waals surface area contributed by atoms with Crippen molar-refractivity contribution in [3.63, 3.8) is 0 Å². The first-order valence-electron chi connectivity index (χ1n) is 38.6. The fraction of sp³-hybridized carbons (Fsp3) is 0.780. The lowest BCUT2D eigenvalue weighted by atomic mass is 10.0. The Morgan fingerprint density at radius 2 is 0.478 bits per heavy atom. The van der Waals surface area contributed by atoms with E-state index in [9.17, 15) is 9.59 Å². The van der Waals surface area contributed by atoms with Crippen molar-refractivity contribution in [3.05, 3.63) is 97.2 Å². The Hall–Kier alpha value is -2.34. The van der Waals surface area contributed by atoms with Crippen molar-refractivity contribution in [2.45, 2.75) is 360 Å². The summed E-state index contributed by atoms with van der Waals surface area (Å²) >= 11 is 6.75. The van der Waals surface area contributed by atoms with E-state index in [-0.39, 0.29) is 23.9 Å². The van der Waals surface area contributed by atoms with Crippen LogP contribution in [0.5, 0.6) is 0 Å². The van der Waals surface area contributed by atoms with Crippen molar-refractivity contribution in [3.8, 4) is 0 Å². The first-order chi connectivity index (χ1) is 45.5. The molecule has 0 amide bonds. The number of esters is 2. The van der Waals surface area contributed by atoms with Gasteiger partial charge in [-0.3, -0.25) is 9.59 Å². The van der Waals surface area contributed by atoms with Crippen molar-refractivity contribution in [2.75, 3.05) is 50.3 Å². The van der Waals surface area contributed by atoms with Crippen molar-refractivity contribution >= 4 is 43.8 Å². The number of hydrogen-bond donors (Lipinski definition) is 0. The van der Waals surface area contributed by atoms with E-state index < -0.39 is 36.4 Å². The third-order valence-corrected chi connectivity index (χ3v) is 17.6. The molecule has 534 valence electrons. The molecule has 0 aliphatic heterocycles. The van der Waals surface area contributed by atoms with Crippen LogP contribution in [-0.4, -0.2) is 86.7 Å². The predicted octanol–water partition coefficient (Wildman–Crippen LogP) is 25.7. The number of carbonyl (C=O) groups excluding carboxylic acids is 2. The second-order valence-corrected chi connectivity index (χ2v) is 26.6. The van der Waals surface area contributed by atoms with Crippen LogP contribution < -0.4 is 0 Å². The number of halogens is 2. The number of carbonyl (C=O) groups is 2. The summed E-state index contributed by atoms with van der Waals surface area (Å²) in [7, 11) is 0. The van der Waals surface area contributed by atoms with Gasteiger partial charge in [-0.15, -0.1) is 0 Å². The highest BCUT2D eigenvalue weighted by molar-refractivity contribution is 9.09. The first-order valence-corrected chi connectivity index (χ1v) is 40.8. The van der Waals surface area contributed by atoms with Crippen LogP contribution in [0.3, 0.4) is 0 Å². The Balaban J connectivity index is 6.04. The van der Waals surface area contributed by atoms with E-state index in [1.54, 1.807) is 0 Å². The smallest absolute Gasteiger partial charge is 0.317 e. The topological polar surface area (TPSA) is 89.5 Å². The summed E-state index contributed by atoms with van der Waals surface area (Å²) in [6.07, 6.45) is 89.7. The fourth-order valence-corrected chi connectivity index (χ4v) is 11.2. The average molecular weight is 1420 g/mol. The van der Waals surface area contributed by atoms with E-state index in [1.165, 1.54) is 193 Å². The van der Waals surface area contributed by atoms with Gasteiger partial charge in [0, 0.05) is 26.4 Å². The highest BCUT2D eigenvalue weighted by Gasteiger charge is 2.42. The van der Waals surface area contributed by atoms with Gasteiger partial charge in [0.1, 0.15) is 22.9 Å². The monoisotopic (exact) mass is 1410 g/mol. The van der Waals surface area contributed by atoms with E-state index in [1.807, 2.05) is 0 Å². The molecule has 4 atom stereocenters. The molecule has 0 bridgehead atoms. The molecular weight excluding hydrogens is 1270 g/mol. The van der Waals surface area contributed by atoms with Crippen LogP contribution in [0.2, 0.25) is 0 Å². The molecule has 0 radical (unpaired) electrons. The van der Waals surface area contributed by atoms with Crippen LogP contribution in [0.1, 0.15) is 336 Å². The molecular formula is C82H144Br2O8. The molecule has 0 aliphatic carbocycles. The highest BCUT2D eigenvalue weighted by Crippen LogP contribution is 2.23. The summed E-state index contributed by atoms with van der Waals surface area (Å²) in [5.41, 5.74) is 0. The maximum atomic E-state index is 13.5. The number of allylic oxidation sites excluding steroid dienone is 16. The van der Waals surface area contributed by atoms with Crippen LogP contribution in [0.4, 0.5) is 0 Å². The SMILES string of the molecule is CCCCC/C=C\C/C=C\CCCCCCCCOC[C@@H](OCCCCCCCC/C=C\C/C=C\CCCCC)[C@@H](OC(=O)CBr)[C@H](OC(=O)CBr)[C@@H](COCCCCCCCC/C=C\C/C=C\CCCCC)OCCCCCCCC/C=C\C/C=C\CCCCC. The first kappa shape index (κ1) is 89.7. The molecule has 0 aromatic heterocycles. The standard InChI is InChI=1S/C82H144Br2O8/c1-5-9-13-17-21-25-29-33-37-41-45-49-53-57-61-65-69-87-75-77(89-71-67-63-59-55-51-47-43-39-35-31-27-23-19-15-11-7-3)81(91-79(85)73-83)82(92-80(86)74-84)78(90-72-68-64-60-56-52-48-44-40-36-32-28-24-20-16-12-8-4)76-88-70-66-62-58-54-50-46-42-38-34-30-26-22-18-14-10-6-2/h21-28,33-40,77-78,81-82H,5-20,29-32,41-76H2,1-4H3/b25-21-,26-22-,27-23-,28-24-,37-33-,38-34-,39-35-,40-36-/t77-,78-,81-,82-/m1/s1. The minimum Gasteiger partial charge on any atom is -0.455 e. The molecule has 0 unspecified atom stereocenters. The third kappa shape index (κ3) is 66.3. The number of hydrogen-bond acceptors (Lipinski definition) is 8. The van der Waals surface area contributed by atoms with E-state index >= 15 is 0 Å². The Labute approximate surface area is 586 Å². The summed E-state index contributed by atoms with van der Waals surface area (Å²) in [5.74, 6) is -0.929. The van der Waals surface area contributed by atoms with Gasteiger partial charge in [-0.2, -0.15) is 0 Å². The van der Waals surface area contributed by atoms with E-state index in [4.69, 9.17) is 28.4 Å². The van der Waals surface area contributed by atoms with Crippen LogP contribution in [-0.2, 0) is 38.0 Å². The molecule has 0 aromatic carbocycles. The van der Waals surface area contributed by atoms with Gasteiger partial charge in [-0.05, 0) is 154 Å². The highest BCUT2D eigenvalue weighted by atomic mass is 79.9. The van der Waals surface area contributed by atoms with Gasteiger partial charge in [-0.1, -0.05) is 311 Å². The second kappa shape index (κ2) is 77.7. The molecule has 0 rings (SSSR count). The summed E-state index contributed by atoms with van der Waals surface area (Å²) in [6.45, 7) is 11.5. The van der Waals surface area contributed by atoms with Gasteiger partial charge in [-0.25, -0.2) is 0 Å². The van der Waals surface area contributed by atoms with Gasteiger partial charge >= 0.3 is 11.9 Å². The Bertz CT molecular complexity index is 1650. The molecule has 0 heterocycles. The Morgan fingerprint density at radius 1 is 0.272 bits per heavy atom. The maximum absolute atomic E-state index is 13.5. The van der Waals surface area contributed by atoms with Gasteiger partial charge in [0.05, 0.1) is 13.2 Å². The van der Waals surface area contributed by atoms with Gasteiger partial charge < -0.3 is 28.4 Å². The quantitative estimate of drug-likeness (QED) is 0.0258. The largest absolute Gasteiger partial charge is 0.455 e. The molecule has 10 heteroatoms. The van der Waals surface area contributed by atoms with Crippen LogP contribution in [0.15, 0.2) is 97.2 Å².